The van der Waals surface area contributed by atoms with Crippen molar-refractivity contribution in [1.82, 2.24) is 4.98 Å². The topological polar surface area (TPSA) is 105 Å². The van der Waals surface area contributed by atoms with Gasteiger partial charge in [-0.2, -0.15) is 0 Å². The normalized spacial score (nSPS) is 11.2. The highest BCUT2D eigenvalue weighted by Crippen LogP contribution is 2.26. The summed E-state index contributed by atoms with van der Waals surface area (Å²) in [6, 6.07) is 5.86. The first-order valence-corrected chi connectivity index (χ1v) is 10.7. The zero-order valence-corrected chi connectivity index (χ0v) is 17.6. The number of halogens is 4. The monoisotopic (exact) mass is 481 g/mol. The van der Waals surface area contributed by atoms with Crippen LogP contribution in [0, 0.1) is 23.3 Å². The lowest BCUT2D eigenvalue weighted by molar-refractivity contribution is -0.114. The van der Waals surface area contributed by atoms with Crippen LogP contribution >= 0.6 is 0 Å². The largest absolute Gasteiger partial charge is 0.311 e. The van der Waals surface area contributed by atoms with Gasteiger partial charge in [-0.05, 0) is 35.9 Å². The zero-order valence-electron chi connectivity index (χ0n) is 16.8. The molecule has 0 saturated carbocycles. The van der Waals surface area contributed by atoms with Crippen LogP contribution in [0.25, 0.3) is 0 Å². The van der Waals surface area contributed by atoms with E-state index in [2.05, 4.69) is 10.3 Å². The van der Waals surface area contributed by atoms with Gasteiger partial charge in [0.15, 0.2) is 11.6 Å². The van der Waals surface area contributed by atoms with E-state index in [-0.39, 0.29) is 17.3 Å². The number of ketones is 1. The summed E-state index contributed by atoms with van der Waals surface area (Å²) in [5, 5.41) is 2.42. The molecular formula is C21H15F4N3O4S. The number of carbonyl (C=O) groups excluding carboxylic acids is 2. The van der Waals surface area contributed by atoms with Crippen LogP contribution in [0.15, 0.2) is 53.6 Å². The average Bonchev–Trinajstić information content (AvgIpc) is 2.71. The lowest BCUT2D eigenvalue weighted by atomic mass is 10.0. The number of sulfonamides is 1. The number of nitrogens with one attached hydrogen (secondary N) is 2. The molecule has 0 unspecified atom stereocenters. The third-order valence-corrected chi connectivity index (χ3v) is 5.69. The lowest BCUT2D eigenvalue weighted by Gasteiger charge is -2.12. The Bertz CT molecular complexity index is 1350. The van der Waals surface area contributed by atoms with Crippen molar-refractivity contribution in [3.63, 3.8) is 0 Å². The summed E-state index contributed by atoms with van der Waals surface area (Å²) in [5.74, 6) is -6.36. The second-order valence-electron chi connectivity index (χ2n) is 6.80. The summed E-state index contributed by atoms with van der Waals surface area (Å²) < 4.78 is 82.6. The molecule has 2 N–H and O–H groups in total. The third-order valence-electron chi connectivity index (χ3n) is 4.29. The number of Topliss-reactive ketones (excluding diaryl/α,β-unsaturated/α-hetero) is 1. The molecule has 0 aliphatic heterocycles. The molecule has 1 aromatic heterocycles. The highest BCUT2D eigenvalue weighted by Gasteiger charge is 2.25. The summed E-state index contributed by atoms with van der Waals surface area (Å²) in [6.07, 6.45) is 0.743. The Morgan fingerprint density at radius 2 is 1.70 bits per heavy atom. The second-order valence-corrected chi connectivity index (χ2v) is 8.45. The molecule has 3 rings (SSSR count). The van der Waals surface area contributed by atoms with Gasteiger partial charge in [0.1, 0.15) is 28.2 Å². The van der Waals surface area contributed by atoms with Gasteiger partial charge in [0.05, 0.1) is 11.3 Å². The number of hydrogen-bond acceptors (Lipinski definition) is 5. The Balaban J connectivity index is 1.87. The SMILES string of the molecule is CC(=O)Nc1ccc(CC(=O)c2c(F)ccc(NS(=O)(=O)c3ccc(F)cc3F)c2F)cn1. The first-order valence-electron chi connectivity index (χ1n) is 9.19. The van der Waals surface area contributed by atoms with E-state index in [4.69, 9.17) is 0 Å². The van der Waals surface area contributed by atoms with Gasteiger partial charge in [-0.15, -0.1) is 0 Å². The van der Waals surface area contributed by atoms with Crippen LogP contribution in [0.2, 0.25) is 0 Å². The molecule has 0 bridgehead atoms. The van der Waals surface area contributed by atoms with Crippen LogP contribution in [-0.4, -0.2) is 25.1 Å². The lowest BCUT2D eigenvalue weighted by Crippen LogP contribution is -2.18. The number of carbonyl (C=O) groups is 2. The molecule has 0 atom stereocenters. The molecule has 0 spiro atoms. The number of anilines is 2. The molecule has 1 amide bonds. The minimum Gasteiger partial charge on any atom is -0.311 e. The van der Waals surface area contributed by atoms with Gasteiger partial charge < -0.3 is 5.32 Å². The second kappa shape index (κ2) is 9.36. The summed E-state index contributed by atoms with van der Waals surface area (Å²) in [5.41, 5.74) is -1.55. The molecule has 0 saturated heterocycles. The Morgan fingerprint density at radius 3 is 2.30 bits per heavy atom. The van der Waals surface area contributed by atoms with E-state index < -0.39 is 61.6 Å². The molecular weight excluding hydrogens is 466 g/mol. The van der Waals surface area contributed by atoms with Crippen molar-refractivity contribution in [3.8, 4) is 0 Å². The number of benzene rings is 2. The van der Waals surface area contributed by atoms with Crippen LogP contribution in [0.4, 0.5) is 29.1 Å². The van der Waals surface area contributed by atoms with Gasteiger partial charge in [0.2, 0.25) is 5.91 Å². The number of amides is 1. The summed E-state index contributed by atoms with van der Waals surface area (Å²) in [6.45, 7) is 1.27. The average molecular weight is 481 g/mol. The third kappa shape index (κ3) is 5.52. The van der Waals surface area contributed by atoms with E-state index in [1.54, 1.807) is 4.72 Å². The fourth-order valence-corrected chi connectivity index (χ4v) is 3.96. The number of pyridine rings is 1. The molecule has 33 heavy (non-hydrogen) atoms. The highest BCUT2D eigenvalue weighted by atomic mass is 32.2. The maximum atomic E-state index is 14.9. The van der Waals surface area contributed by atoms with E-state index in [9.17, 15) is 35.6 Å². The smallest absolute Gasteiger partial charge is 0.264 e. The van der Waals surface area contributed by atoms with E-state index in [1.165, 1.54) is 25.3 Å². The van der Waals surface area contributed by atoms with Crippen molar-refractivity contribution in [2.75, 3.05) is 10.0 Å². The fraction of sp³-hybridized carbons (Fsp3) is 0.0952. The van der Waals surface area contributed by atoms with Crippen LogP contribution in [0.1, 0.15) is 22.8 Å². The number of aromatic nitrogens is 1. The van der Waals surface area contributed by atoms with Gasteiger partial charge in [-0.3, -0.25) is 14.3 Å². The van der Waals surface area contributed by atoms with Crippen molar-refractivity contribution < 1.29 is 35.6 Å². The van der Waals surface area contributed by atoms with E-state index >= 15 is 0 Å². The number of rotatable bonds is 7. The van der Waals surface area contributed by atoms with Gasteiger partial charge in [0.25, 0.3) is 10.0 Å². The zero-order chi connectivity index (χ0) is 24.3. The Morgan fingerprint density at radius 1 is 0.970 bits per heavy atom. The number of hydrogen-bond donors (Lipinski definition) is 2. The van der Waals surface area contributed by atoms with Gasteiger partial charge in [0, 0.05) is 25.6 Å². The van der Waals surface area contributed by atoms with E-state index in [0.29, 0.717) is 24.3 Å². The van der Waals surface area contributed by atoms with Crippen molar-refractivity contribution in [1.29, 1.82) is 0 Å². The molecule has 0 aliphatic rings. The van der Waals surface area contributed by atoms with E-state index in [1.807, 2.05) is 0 Å². The molecule has 3 aromatic rings. The molecule has 12 heteroatoms. The van der Waals surface area contributed by atoms with Gasteiger partial charge in [-0.25, -0.2) is 31.0 Å². The van der Waals surface area contributed by atoms with Crippen LogP contribution < -0.4 is 10.0 Å². The van der Waals surface area contributed by atoms with E-state index in [0.717, 1.165) is 6.07 Å². The quantitative estimate of drug-likeness (QED) is 0.394. The van der Waals surface area contributed by atoms with Crippen molar-refractivity contribution in [2.45, 2.75) is 18.2 Å². The van der Waals surface area contributed by atoms with Gasteiger partial charge >= 0.3 is 0 Å². The first-order chi connectivity index (χ1) is 15.5. The van der Waals surface area contributed by atoms with Crippen LogP contribution in [0.3, 0.4) is 0 Å². The van der Waals surface area contributed by atoms with Gasteiger partial charge in [-0.1, -0.05) is 6.07 Å². The first kappa shape index (κ1) is 23.9. The van der Waals surface area contributed by atoms with Crippen molar-refractivity contribution in [3.05, 3.63) is 83.1 Å². The minimum atomic E-state index is -4.72. The predicted octanol–water partition coefficient (Wildman–Crippen LogP) is 3.82. The van der Waals surface area contributed by atoms with Crippen molar-refractivity contribution in [2.24, 2.45) is 0 Å². The molecule has 1 heterocycles. The Labute approximate surface area is 185 Å². The van der Waals surface area contributed by atoms with Crippen LogP contribution in [0.5, 0.6) is 0 Å². The van der Waals surface area contributed by atoms with Crippen molar-refractivity contribution >= 4 is 33.2 Å². The standard InChI is InChI=1S/C21H15F4N3O4S/c1-11(29)27-19-7-2-12(10-26-19)8-17(30)20-14(23)4-5-16(21(20)25)28-33(31,32)18-6-3-13(22)9-15(18)24/h2-7,9-10,28H,8H2,1H3,(H,26,27,29). The molecule has 0 aliphatic carbocycles. The molecule has 0 fully saturated rings. The fourth-order valence-electron chi connectivity index (χ4n) is 2.84. The maximum Gasteiger partial charge on any atom is 0.264 e. The number of nitrogens with zero attached hydrogens (tertiary/aromatic N) is 1. The van der Waals surface area contributed by atoms with Crippen LogP contribution in [-0.2, 0) is 21.2 Å². The predicted molar refractivity (Wildman–Crippen MR) is 110 cm³/mol. The molecule has 7 nitrogen and oxygen atoms in total. The maximum absolute atomic E-state index is 14.9. The summed E-state index contributed by atoms with van der Waals surface area (Å²) in [7, 11) is -4.72. The summed E-state index contributed by atoms with van der Waals surface area (Å²) in [4.78, 5) is 26.5. The highest BCUT2D eigenvalue weighted by molar-refractivity contribution is 7.92. The summed E-state index contributed by atoms with van der Waals surface area (Å²) >= 11 is 0. The Hall–Kier alpha value is -3.80. The Kier molecular flexibility index (Phi) is 6.77. The molecule has 0 radical (unpaired) electrons. The molecule has 2 aromatic carbocycles. The minimum absolute atomic E-state index is 0.209. The molecule has 172 valence electrons.